The minimum atomic E-state index is 0.654. The standard InChI is InChI=1S/C20H21N5/c1-15-8-10-16(11-9-15)13-21-19-14-22-24-20(23-19)25-12-4-6-17-5-2-3-7-18(17)25/h2-3,5,7-11,14H,4,6,12-13H2,1H3,(H,21,23,24). The fourth-order valence-electron chi connectivity index (χ4n) is 3.13. The van der Waals surface area contributed by atoms with Crippen molar-refractivity contribution in [1.29, 1.82) is 0 Å². The Morgan fingerprint density at radius 2 is 1.92 bits per heavy atom. The molecule has 0 amide bonds. The maximum Gasteiger partial charge on any atom is 0.251 e. The van der Waals surface area contributed by atoms with Crippen LogP contribution in [0.5, 0.6) is 0 Å². The number of rotatable bonds is 4. The van der Waals surface area contributed by atoms with Gasteiger partial charge in [-0.1, -0.05) is 48.0 Å². The maximum atomic E-state index is 4.67. The molecule has 5 heteroatoms. The van der Waals surface area contributed by atoms with Gasteiger partial charge in [0.05, 0.1) is 6.20 Å². The Morgan fingerprint density at radius 3 is 2.80 bits per heavy atom. The SMILES string of the molecule is Cc1ccc(CNc2cnnc(N3CCCc4ccccc43)n2)cc1. The summed E-state index contributed by atoms with van der Waals surface area (Å²) in [6, 6.07) is 16.9. The van der Waals surface area contributed by atoms with E-state index in [4.69, 9.17) is 0 Å². The van der Waals surface area contributed by atoms with Crippen molar-refractivity contribution in [1.82, 2.24) is 15.2 Å². The molecule has 25 heavy (non-hydrogen) atoms. The normalized spacial score (nSPS) is 13.4. The summed E-state index contributed by atoms with van der Waals surface area (Å²) in [6.45, 7) is 3.73. The summed E-state index contributed by atoms with van der Waals surface area (Å²) in [5.41, 5.74) is 5.01. The predicted molar refractivity (Wildman–Crippen MR) is 100 cm³/mol. The van der Waals surface area contributed by atoms with E-state index in [0.29, 0.717) is 5.95 Å². The van der Waals surface area contributed by atoms with Crippen molar-refractivity contribution in [2.24, 2.45) is 0 Å². The van der Waals surface area contributed by atoms with Crippen molar-refractivity contribution < 1.29 is 0 Å². The van der Waals surface area contributed by atoms with Crippen LogP contribution >= 0.6 is 0 Å². The van der Waals surface area contributed by atoms with Gasteiger partial charge in [0.25, 0.3) is 5.95 Å². The van der Waals surface area contributed by atoms with Crippen molar-refractivity contribution >= 4 is 17.5 Å². The molecule has 0 saturated heterocycles. The molecule has 0 radical (unpaired) electrons. The largest absolute Gasteiger partial charge is 0.365 e. The van der Waals surface area contributed by atoms with Crippen LogP contribution in [0.4, 0.5) is 17.5 Å². The Bertz CT molecular complexity index is 860. The number of fused-ring (bicyclic) bond motifs is 1. The first-order valence-corrected chi connectivity index (χ1v) is 8.64. The average molecular weight is 331 g/mol. The van der Waals surface area contributed by atoms with E-state index < -0.39 is 0 Å². The predicted octanol–water partition coefficient (Wildman–Crippen LogP) is 3.88. The van der Waals surface area contributed by atoms with Crippen LogP contribution in [0.2, 0.25) is 0 Å². The first-order valence-electron chi connectivity index (χ1n) is 8.64. The second-order valence-corrected chi connectivity index (χ2v) is 6.36. The van der Waals surface area contributed by atoms with Crippen LogP contribution in [-0.2, 0) is 13.0 Å². The highest BCUT2D eigenvalue weighted by molar-refractivity contribution is 5.63. The Hall–Kier alpha value is -2.95. The van der Waals surface area contributed by atoms with Gasteiger partial charge in [0.2, 0.25) is 0 Å². The van der Waals surface area contributed by atoms with E-state index in [1.807, 2.05) is 0 Å². The van der Waals surface area contributed by atoms with E-state index in [-0.39, 0.29) is 0 Å². The molecule has 1 aromatic heterocycles. The van der Waals surface area contributed by atoms with E-state index in [0.717, 1.165) is 31.7 Å². The Labute approximate surface area is 147 Å². The number of hydrogen-bond donors (Lipinski definition) is 1. The van der Waals surface area contributed by atoms with Gasteiger partial charge >= 0.3 is 0 Å². The van der Waals surface area contributed by atoms with Gasteiger partial charge in [0.15, 0.2) is 5.82 Å². The lowest BCUT2D eigenvalue weighted by Crippen LogP contribution is -2.26. The number of anilines is 3. The van der Waals surface area contributed by atoms with Crippen LogP contribution < -0.4 is 10.2 Å². The van der Waals surface area contributed by atoms with E-state index in [9.17, 15) is 0 Å². The number of aromatic nitrogens is 3. The summed E-state index contributed by atoms with van der Waals surface area (Å²) in [7, 11) is 0. The van der Waals surface area contributed by atoms with Crippen LogP contribution in [0.25, 0.3) is 0 Å². The molecule has 0 aliphatic carbocycles. The lowest BCUT2D eigenvalue weighted by atomic mass is 10.0. The smallest absolute Gasteiger partial charge is 0.251 e. The van der Waals surface area contributed by atoms with Gasteiger partial charge in [-0.05, 0) is 37.0 Å². The molecule has 0 bridgehead atoms. The summed E-state index contributed by atoms with van der Waals surface area (Å²) < 4.78 is 0. The molecule has 1 aliphatic heterocycles. The van der Waals surface area contributed by atoms with Gasteiger partial charge in [-0.15, -0.1) is 5.10 Å². The molecule has 3 aromatic rings. The number of para-hydroxylation sites is 1. The molecule has 2 heterocycles. The summed E-state index contributed by atoms with van der Waals surface area (Å²) in [5.74, 6) is 1.40. The number of nitrogens with zero attached hydrogens (tertiary/aromatic N) is 4. The van der Waals surface area contributed by atoms with E-state index in [2.05, 4.69) is 80.9 Å². The second-order valence-electron chi connectivity index (χ2n) is 6.36. The Morgan fingerprint density at radius 1 is 1.08 bits per heavy atom. The fourth-order valence-corrected chi connectivity index (χ4v) is 3.13. The zero-order chi connectivity index (χ0) is 17.1. The highest BCUT2D eigenvalue weighted by Gasteiger charge is 2.20. The van der Waals surface area contributed by atoms with Gasteiger partial charge in [-0.25, -0.2) is 0 Å². The third-order valence-electron chi connectivity index (χ3n) is 4.49. The molecule has 0 atom stereocenters. The monoisotopic (exact) mass is 331 g/mol. The second kappa shape index (κ2) is 6.89. The number of hydrogen-bond acceptors (Lipinski definition) is 5. The van der Waals surface area contributed by atoms with Crippen molar-refractivity contribution in [2.45, 2.75) is 26.3 Å². The quantitative estimate of drug-likeness (QED) is 0.786. The van der Waals surface area contributed by atoms with Gasteiger partial charge in [0, 0.05) is 18.8 Å². The molecule has 0 fully saturated rings. The molecule has 1 N–H and O–H groups in total. The zero-order valence-electron chi connectivity index (χ0n) is 14.3. The maximum absolute atomic E-state index is 4.67. The third-order valence-corrected chi connectivity index (χ3v) is 4.49. The Balaban J connectivity index is 1.53. The summed E-state index contributed by atoms with van der Waals surface area (Å²) >= 11 is 0. The topological polar surface area (TPSA) is 53.9 Å². The molecule has 2 aromatic carbocycles. The van der Waals surface area contributed by atoms with Gasteiger partial charge in [-0.2, -0.15) is 10.1 Å². The fraction of sp³-hybridized carbons (Fsp3) is 0.250. The molecular weight excluding hydrogens is 310 g/mol. The van der Waals surface area contributed by atoms with Gasteiger partial charge in [-0.3, -0.25) is 0 Å². The minimum Gasteiger partial charge on any atom is -0.365 e. The van der Waals surface area contributed by atoms with Crippen LogP contribution in [0.1, 0.15) is 23.1 Å². The van der Waals surface area contributed by atoms with Crippen LogP contribution in [0, 0.1) is 6.92 Å². The molecule has 1 aliphatic rings. The lowest BCUT2D eigenvalue weighted by Gasteiger charge is -2.29. The molecule has 0 unspecified atom stereocenters. The van der Waals surface area contributed by atoms with Crippen molar-refractivity contribution in [3.05, 3.63) is 71.4 Å². The van der Waals surface area contributed by atoms with Crippen molar-refractivity contribution in [3.8, 4) is 0 Å². The van der Waals surface area contributed by atoms with Crippen molar-refractivity contribution in [2.75, 3.05) is 16.8 Å². The zero-order valence-corrected chi connectivity index (χ0v) is 14.3. The molecular formula is C20H21N5. The number of aryl methyl sites for hydroxylation is 2. The van der Waals surface area contributed by atoms with Crippen LogP contribution in [0.3, 0.4) is 0 Å². The van der Waals surface area contributed by atoms with Crippen molar-refractivity contribution in [3.63, 3.8) is 0 Å². The van der Waals surface area contributed by atoms with E-state index >= 15 is 0 Å². The first kappa shape index (κ1) is 15.6. The first-order chi connectivity index (χ1) is 12.3. The van der Waals surface area contributed by atoms with E-state index in [1.165, 1.54) is 22.4 Å². The molecule has 0 spiro atoms. The van der Waals surface area contributed by atoms with Gasteiger partial charge < -0.3 is 10.2 Å². The molecule has 5 nitrogen and oxygen atoms in total. The van der Waals surface area contributed by atoms with Gasteiger partial charge in [0.1, 0.15) is 0 Å². The average Bonchev–Trinajstić information content (AvgIpc) is 2.67. The highest BCUT2D eigenvalue weighted by Crippen LogP contribution is 2.31. The third kappa shape index (κ3) is 3.45. The molecule has 126 valence electrons. The molecule has 4 rings (SSSR count). The Kier molecular flexibility index (Phi) is 4.29. The lowest BCUT2D eigenvalue weighted by molar-refractivity contribution is 0.741. The summed E-state index contributed by atoms with van der Waals surface area (Å²) in [5, 5.41) is 11.7. The van der Waals surface area contributed by atoms with Crippen LogP contribution in [0.15, 0.2) is 54.7 Å². The number of nitrogens with one attached hydrogen (secondary N) is 1. The summed E-state index contributed by atoms with van der Waals surface area (Å²) in [6.07, 6.45) is 3.88. The molecule has 0 saturated carbocycles. The number of benzene rings is 2. The highest BCUT2D eigenvalue weighted by atomic mass is 15.3. The van der Waals surface area contributed by atoms with Crippen LogP contribution in [-0.4, -0.2) is 21.7 Å². The minimum absolute atomic E-state index is 0.654. The summed E-state index contributed by atoms with van der Waals surface area (Å²) in [4.78, 5) is 6.82. The van der Waals surface area contributed by atoms with E-state index in [1.54, 1.807) is 6.20 Å².